The lowest BCUT2D eigenvalue weighted by Gasteiger charge is -1.99. The highest BCUT2D eigenvalue weighted by Gasteiger charge is 2.15. The molecule has 0 saturated carbocycles. The normalized spacial score (nSPS) is 10.5. The molecule has 0 aliphatic carbocycles. The van der Waals surface area contributed by atoms with Crippen LogP contribution in [0.1, 0.15) is 36.7 Å². The van der Waals surface area contributed by atoms with Gasteiger partial charge >= 0.3 is 5.97 Å². The smallest absolute Gasteiger partial charge is 0.347 e. The van der Waals surface area contributed by atoms with Crippen LogP contribution in [0.4, 0.5) is 0 Å². The number of carbonyl (C=O) groups excluding carboxylic acids is 1. The number of carboxylic acid groups (broad SMARTS) is 1. The Morgan fingerprint density at radius 3 is 2.80 bits per heavy atom. The van der Waals surface area contributed by atoms with Crippen molar-refractivity contribution in [1.82, 2.24) is 10.3 Å². The molecule has 1 amide bonds. The van der Waals surface area contributed by atoms with Gasteiger partial charge in [0.2, 0.25) is 0 Å². The van der Waals surface area contributed by atoms with Gasteiger partial charge in [-0.15, -0.1) is 11.3 Å². The summed E-state index contributed by atoms with van der Waals surface area (Å²) in [5, 5.41) is 12.1. The van der Waals surface area contributed by atoms with Crippen LogP contribution in [-0.4, -0.2) is 22.0 Å². The fourth-order valence-corrected chi connectivity index (χ4v) is 2.42. The monoisotopic (exact) mass is 295 g/mol. The Morgan fingerprint density at radius 1 is 1.50 bits per heavy atom. The van der Waals surface area contributed by atoms with Crippen molar-refractivity contribution in [3.63, 3.8) is 0 Å². The Kier molecular flexibility index (Phi) is 4.16. The van der Waals surface area contributed by atoms with Crippen LogP contribution in [0.2, 0.25) is 0 Å². The van der Waals surface area contributed by atoms with Crippen LogP contribution in [0.25, 0.3) is 0 Å². The molecule has 0 aliphatic rings. The first kappa shape index (κ1) is 14.2. The van der Waals surface area contributed by atoms with E-state index in [1.165, 1.54) is 6.07 Å². The molecule has 2 aromatic heterocycles. The van der Waals surface area contributed by atoms with Gasteiger partial charge in [0, 0.05) is 0 Å². The van der Waals surface area contributed by atoms with Crippen molar-refractivity contribution >= 4 is 23.2 Å². The largest absolute Gasteiger partial charge is 0.477 e. The Hall–Kier alpha value is -2.19. The van der Waals surface area contributed by atoms with Crippen LogP contribution in [0.5, 0.6) is 0 Å². The Bertz CT molecular complexity index is 647. The number of carbonyl (C=O) groups is 2. The van der Waals surface area contributed by atoms with Crippen LogP contribution in [0, 0.1) is 6.92 Å². The van der Waals surface area contributed by atoms with Crippen molar-refractivity contribution in [2.24, 2.45) is 5.73 Å². The SMILES string of the molecule is Cc1nc(CNC(=O)c2ccc(CN)o2)sc1C(=O)O. The average molecular weight is 295 g/mol. The third-order valence-electron chi connectivity index (χ3n) is 2.52. The zero-order valence-electron chi connectivity index (χ0n) is 10.7. The molecule has 2 rings (SSSR count). The molecule has 0 aliphatic heterocycles. The molecule has 0 fully saturated rings. The second kappa shape index (κ2) is 5.85. The van der Waals surface area contributed by atoms with E-state index in [1.54, 1.807) is 13.0 Å². The van der Waals surface area contributed by atoms with E-state index in [-0.39, 0.29) is 23.7 Å². The summed E-state index contributed by atoms with van der Waals surface area (Å²) >= 11 is 1.04. The molecule has 0 atom stereocenters. The predicted octanol–water partition coefficient (Wildman–Crippen LogP) is 1.13. The number of amides is 1. The van der Waals surface area contributed by atoms with Gasteiger partial charge in [0.05, 0.1) is 18.8 Å². The number of hydrogen-bond acceptors (Lipinski definition) is 6. The van der Waals surface area contributed by atoms with E-state index < -0.39 is 11.9 Å². The summed E-state index contributed by atoms with van der Waals surface area (Å²) in [5.41, 5.74) is 5.83. The van der Waals surface area contributed by atoms with Crippen molar-refractivity contribution < 1.29 is 19.1 Å². The number of aromatic carboxylic acids is 1. The molecular weight excluding hydrogens is 282 g/mol. The third kappa shape index (κ3) is 3.03. The van der Waals surface area contributed by atoms with Gasteiger partial charge < -0.3 is 20.6 Å². The van der Waals surface area contributed by atoms with Crippen LogP contribution < -0.4 is 11.1 Å². The third-order valence-corrected chi connectivity index (χ3v) is 3.67. The summed E-state index contributed by atoms with van der Waals surface area (Å²) in [5.74, 6) is -0.726. The van der Waals surface area contributed by atoms with Crippen molar-refractivity contribution in [3.8, 4) is 0 Å². The van der Waals surface area contributed by atoms with Gasteiger partial charge in [-0.3, -0.25) is 4.79 Å². The first-order valence-electron chi connectivity index (χ1n) is 5.78. The number of furan rings is 1. The van der Waals surface area contributed by atoms with Crippen LogP contribution in [0.3, 0.4) is 0 Å². The van der Waals surface area contributed by atoms with Crippen LogP contribution in [-0.2, 0) is 13.1 Å². The molecule has 2 heterocycles. The number of nitrogens with zero attached hydrogens (tertiary/aromatic N) is 1. The summed E-state index contributed by atoms with van der Waals surface area (Å²) in [6, 6.07) is 3.16. The quantitative estimate of drug-likeness (QED) is 0.761. The number of rotatable bonds is 5. The highest BCUT2D eigenvalue weighted by Crippen LogP contribution is 2.18. The van der Waals surface area contributed by atoms with Crippen molar-refractivity contribution in [2.75, 3.05) is 0 Å². The van der Waals surface area contributed by atoms with E-state index in [0.29, 0.717) is 16.5 Å². The first-order valence-corrected chi connectivity index (χ1v) is 6.59. The van der Waals surface area contributed by atoms with E-state index in [0.717, 1.165) is 11.3 Å². The van der Waals surface area contributed by atoms with Crippen molar-refractivity contribution in [2.45, 2.75) is 20.0 Å². The van der Waals surface area contributed by atoms with Gasteiger partial charge in [-0.25, -0.2) is 9.78 Å². The lowest BCUT2D eigenvalue weighted by atomic mass is 10.4. The molecular formula is C12H13N3O4S. The molecule has 0 aromatic carbocycles. The lowest BCUT2D eigenvalue weighted by molar-refractivity contribution is 0.0701. The molecule has 0 bridgehead atoms. The lowest BCUT2D eigenvalue weighted by Crippen LogP contribution is -2.22. The predicted molar refractivity (Wildman–Crippen MR) is 71.6 cm³/mol. The molecule has 7 nitrogen and oxygen atoms in total. The molecule has 20 heavy (non-hydrogen) atoms. The molecule has 0 radical (unpaired) electrons. The van der Waals surface area contributed by atoms with Gasteiger partial charge in [0.1, 0.15) is 15.6 Å². The maximum Gasteiger partial charge on any atom is 0.347 e. The summed E-state index contributed by atoms with van der Waals surface area (Å²) in [4.78, 5) is 26.9. The first-order chi connectivity index (χ1) is 9.51. The molecule has 0 unspecified atom stereocenters. The summed E-state index contributed by atoms with van der Waals surface area (Å²) in [6.07, 6.45) is 0. The number of aryl methyl sites for hydroxylation is 1. The summed E-state index contributed by atoms with van der Waals surface area (Å²) < 4.78 is 5.20. The zero-order valence-corrected chi connectivity index (χ0v) is 11.5. The van der Waals surface area contributed by atoms with Crippen molar-refractivity contribution in [1.29, 1.82) is 0 Å². The number of hydrogen-bond donors (Lipinski definition) is 3. The van der Waals surface area contributed by atoms with E-state index in [1.807, 2.05) is 0 Å². The minimum Gasteiger partial charge on any atom is -0.477 e. The Balaban J connectivity index is 1.99. The molecule has 2 aromatic rings. The minimum absolute atomic E-state index is 0.149. The molecule has 8 heteroatoms. The number of carboxylic acids is 1. The second-order valence-electron chi connectivity index (χ2n) is 3.98. The number of nitrogens with two attached hydrogens (primary N) is 1. The highest BCUT2D eigenvalue weighted by molar-refractivity contribution is 7.13. The van der Waals surface area contributed by atoms with E-state index in [4.69, 9.17) is 15.3 Å². The number of thiazole rings is 1. The molecule has 0 saturated heterocycles. The van der Waals surface area contributed by atoms with Crippen LogP contribution in [0.15, 0.2) is 16.5 Å². The standard InChI is InChI=1S/C12H13N3O4S/c1-6-10(12(17)18)20-9(15-6)5-14-11(16)8-3-2-7(4-13)19-8/h2-3H,4-5,13H2,1H3,(H,14,16)(H,17,18). The fraction of sp³-hybridized carbons (Fsp3) is 0.250. The summed E-state index contributed by atoms with van der Waals surface area (Å²) in [6.45, 7) is 1.99. The maximum atomic E-state index is 11.8. The average Bonchev–Trinajstić information content (AvgIpc) is 3.02. The number of aromatic nitrogens is 1. The molecule has 4 N–H and O–H groups in total. The van der Waals surface area contributed by atoms with Gasteiger partial charge in [-0.1, -0.05) is 0 Å². The topological polar surface area (TPSA) is 118 Å². The fourth-order valence-electron chi connectivity index (χ4n) is 1.58. The molecule has 0 spiro atoms. The zero-order chi connectivity index (χ0) is 14.7. The second-order valence-corrected chi connectivity index (χ2v) is 5.06. The number of nitrogens with one attached hydrogen (secondary N) is 1. The van der Waals surface area contributed by atoms with Gasteiger partial charge in [-0.05, 0) is 19.1 Å². The van der Waals surface area contributed by atoms with E-state index in [2.05, 4.69) is 10.3 Å². The van der Waals surface area contributed by atoms with Crippen molar-refractivity contribution in [3.05, 3.63) is 39.2 Å². The Morgan fingerprint density at radius 2 is 2.25 bits per heavy atom. The minimum atomic E-state index is -1.02. The Labute approximate surface area is 118 Å². The maximum absolute atomic E-state index is 11.8. The summed E-state index contributed by atoms with van der Waals surface area (Å²) in [7, 11) is 0. The van der Waals surface area contributed by atoms with Gasteiger partial charge in [0.25, 0.3) is 5.91 Å². The van der Waals surface area contributed by atoms with E-state index >= 15 is 0 Å². The highest BCUT2D eigenvalue weighted by atomic mass is 32.1. The van der Waals surface area contributed by atoms with E-state index in [9.17, 15) is 9.59 Å². The molecule has 106 valence electrons. The van der Waals surface area contributed by atoms with Gasteiger partial charge in [0.15, 0.2) is 5.76 Å². The van der Waals surface area contributed by atoms with Crippen LogP contribution >= 0.6 is 11.3 Å². The van der Waals surface area contributed by atoms with Gasteiger partial charge in [-0.2, -0.15) is 0 Å².